The van der Waals surface area contributed by atoms with E-state index >= 15 is 0 Å². The minimum absolute atomic E-state index is 0.153. The molecule has 0 aromatic rings. The fourth-order valence-electron chi connectivity index (χ4n) is 3.94. The molecular weight excluding hydrogens is 424 g/mol. The van der Waals surface area contributed by atoms with Crippen LogP contribution >= 0.6 is 0 Å². The molecule has 0 radical (unpaired) electrons. The summed E-state index contributed by atoms with van der Waals surface area (Å²) in [7, 11) is 0. The summed E-state index contributed by atoms with van der Waals surface area (Å²) in [6.45, 7) is 2.41. The van der Waals surface area contributed by atoms with Gasteiger partial charge in [0.15, 0.2) is 5.60 Å². The zero-order valence-electron chi connectivity index (χ0n) is 20.8. The second kappa shape index (κ2) is 20.9. The van der Waals surface area contributed by atoms with Crippen molar-refractivity contribution in [1.29, 1.82) is 0 Å². The maximum atomic E-state index is 11.7. The van der Waals surface area contributed by atoms with Gasteiger partial charge in [-0.1, -0.05) is 116 Å². The number of carbonyl (C=O) groups is 3. The minimum atomic E-state index is -2.63. The molecule has 0 heterocycles. The lowest BCUT2D eigenvalue weighted by Gasteiger charge is -2.20. The third kappa shape index (κ3) is 19.5. The van der Waals surface area contributed by atoms with Gasteiger partial charge in [-0.2, -0.15) is 0 Å². The molecule has 1 atom stereocenters. The standard InChI is InChI=1S/C26H48O7/c1-2-3-4-5-6-7-8-9-10-11-12-13-14-15-16-17-18-19-20-33-24(29)22-26(32,25(30)31)21-23(27)28/h32H,2-22H2,1H3,(H,27,28)(H,30,31). The van der Waals surface area contributed by atoms with Crippen LogP contribution < -0.4 is 0 Å². The maximum Gasteiger partial charge on any atom is 0.336 e. The zero-order valence-corrected chi connectivity index (χ0v) is 20.8. The predicted octanol–water partition coefficient (Wildman–Crippen LogP) is 6.25. The first-order chi connectivity index (χ1) is 15.8. The minimum Gasteiger partial charge on any atom is -0.481 e. The van der Waals surface area contributed by atoms with Crippen LogP contribution in [0.5, 0.6) is 0 Å². The van der Waals surface area contributed by atoms with Crippen molar-refractivity contribution in [2.24, 2.45) is 0 Å². The van der Waals surface area contributed by atoms with Gasteiger partial charge in [0.2, 0.25) is 0 Å². The molecule has 0 bridgehead atoms. The lowest BCUT2D eigenvalue weighted by Crippen LogP contribution is -2.43. The molecule has 0 aromatic carbocycles. The molecule has 0 aliphatic rings. The summed E-state index contributed by atoms with van der Waals surface area (Å²) in [5, 5.41) is 27.4. The van der Waals surface area contributed by atoms with Crippen LogP contribution in [0.4, 0.5) is 0 Å². The van der Waals surface area contributed by atoms with Crippen molar-refractivity contribution in [3.63, 3.8) is 0 Å². The number of ether oxygens (including phenoxy) is 1. The van der Waals surface area contributed by atoms with Gasteiger partial charge in [0.1, 0.15) is 0 Å². The Morgan fingerprint density at radius 1 is 0.606 bits per heavy atom. The Hall–Kier alpha value is -1.63. The van der Waals surface area contributed by atoms with Crippen LogP contribution in [-0.2, 0) is 19.1 Å². The summed E-state index contributed by atoms with van der Waals surface area (Å²) >= 11 is 0. The lowest BCUT2D eigenvalue weighted by molar-refractivity contribution is -0.172. The Morgan fingerprint density at radius 3 is 1.30 bits per heavy atom. The van der Waals surface area contributed by atoms with E-state index in [2.05, 4.69) is 6.92 Å². The molecule has 0 fully saturated rings. The summed E-state index contributed by atoms with van der Waals surface area (Å²) in [4.78, 5) is 33.4. The molecular formula is C26H48O7. The fraction of sp³-hybridized carbons (Fsp3) is 0.885. The summed E-state index contributed by atoms with van der Waals surface area (Å²) in [5.41, 5.74) is -2.63. The first-order valence-corrected chi connectivity index (χ1v) is 13.1. The Labute approximate surface area is 200 Å². The summed E-state index contributed by atoms with van der Waals surface area (Å²) in [6.07, 6.45) is 20.8. The highest BCUT2D eigenvalue weighted by atomic mass is 16.5. The Morgan fingerprint density at radius 2 is 0.970 bits per heavy atom. The largest absolute Gasteiger partial charge is 0.481 e. The molecule has 7 heteroatoms. The Bertz CT molecular complexity index is 521. The van der Waals surface area contributed by atoms with Crippen LogP contribution in [0.15, 0.2) is 0 Å². The first-order valence-electron chi connectivity index (χ1n) is 13.1. The van der Waals surface area contributed by atoms with E-state index in [1.165, 1.54) is 89.9 Å². The highest BCUT2D eigenvalue weighted by molar-refractivity contribution is 5.88. The van der Waals surface area contributed by atoms with E-state index in [4.69, 9.17) is 14.9 Å². The second-order valence-electron chi connectivity index (χ2n) is 9.31. The van der Waals surface area contributed by atoms with Gasteiger partial charge >= 0.3 is 17.9 Å². The van der Waals surface area contributed by atoms with Crippen LogP contribution in [0.25, 0.3) is 0 Å². The SMILES string of the molecule is CCCCCCCCCCCCCCCCCCCCOC(=O)CC(O)(CC(=O)O)C(=O)O. The van der Waals surface area contributed by atoms with Gasteiger partial charge in [0.05, 0.1) is 19.4 Å². The third-order valence-electron chi connectivity index (χ3n) is 6.04. The smallest absolute Gasteiger partial charge is 0.336 e. The Kier molecular flexibility index (Phi) is 19.9. The average Bonchev–Trinajstić information content (AvgIpc) is 2.74. The van der Waals surface area contributed by atoms with E-state index in [1.807, 2.05) is 0 Å². The van der Waals surface area contributed by atoms with Crippen LogP contribution in [0, 0.1) is 0 Å². The highest BCUT2D eigenvalue weighted by Gasteiger charge is 2.41. The van der Waals surface area contributed by atoms with E-state index in [0.29, 0.717) is 6.42 Å². The molecule has 33 heavy (non-hydrogen) atoms. The molecule has 0 amide bonds. The highest BCUT2D eigenvalue weighted by Crippen LogP contribution is 2.18. The van der Waals surface area contributed by atoms with Crippen molar-refractivity contribution in [3.8, 4) is 0 Å². The average molecular weight is 473 g/mol. The number of carboxylic acids is 2. The predicted molar refractivity (Wildman–Crippen MR) is 129 cm³/mol. The van der Waals surface area contributed by atoms with Gasteiger partial charge in [-0.3, -0.25) is 9.59 Å². The molecule has 0 saturated heterocycles. The molecule has 0 rings (SSSR count). The molecule has 0 aromatic heterocycles. The van der Waals surface area contributed by atoms with Gasteiger partial charge in [-0.05, 0) is 6.42 Å². The number of hydrogen-bond acceptors (Lipinski definition) is 5. The number of aliphatic hydroxyl groups is 1. The molecule has 3 N–H and O–H groups in total. The Balaban J connectivity index is 3.44. The topological polar surface area (TPSA) is 121 Å². The van der Waals surface area contributed by atoms with E-state index < -0.39 is 36.4 Å². The van der Waals surface area contributed by atoms with E-state index in [0.717, 1.165) is 19.3 Å². The van der Waals surface area contributed by atoms with Gasteiger partial charge in [-0.15, -0.1) is 0 Å². The van der Waals surface area contributed by atoms with E-state index in [-0.39, 0.29) is 6.61 Å². The van der Waals surface area contributed by atoms with Crippen LogP contribution in [-0.4, -0.2) is 45.4 Å². The van der Waals surface area contributed by atoms with Gasteiger partial charge < -0.3 is 20.1 Å². The maximum absolute atomic E-state index is 11.7. The van der Waals surface area contributed by atoms with Crippen molar-refractivity contribution in [1.82, 2.24) is 0 Å². The number of unbranched alkanes of at least 4 members (excludes halogenated alkanes) is 17. The first kappa shape index (κ1) is 31.4. The monoisotopic (exact) mass is 472 g/mol. The summed E-state index contributed by atoms with van der Waals surface area (Å²) in [6, 6.07) is 0. The number of hydrogen-bond donors (Lipinski definition) is 3. The molecule has 0 spiro atoms. The second-order valence-corrected chi connectivity index (χ2v) is 9.31. The van der Waals surface area contributed by atoms with Crippen molar-refractivity contribution in [2.45, 2.75) is 141 Å². The molecule has 0 aliphatic heterocycles. The molecule has 1 unspecified atom stereocenters. The lowest BCUT2D eigenvalue weighted by atomic mass is 9.96. The molecule has 194 valence electrons. The number of rotatable bonds is 24. The van der Waals surface area contributed by atoms with Gasteiger partial charge in [0, 0.05) is 0 Å². The quantitative estimate of drug-likeness (QED) is 0.112. The number of esters is 1. The van der Waals surface area contributed by atoms with E-state index in [9.17, 15) is 19.5 Å². The van der Waals surface area contributed by atoms with Crippen LogP contribution in [0.2, 0.25) is 0 Å². The van der Waals surface area contributed by atoms with Gasteiger partial charge in [-0.25, -0.2) is 4.79 Å². The van der Waals surface area contributed by atoms with Crippen molar-refractivity contribution < 1.29 is 34.4 Å². The fourth-order valence-corrected chi connectivity index (χ4v) is 3.94. The molecule has 0 aliphatic carbocycles. The summed E-state index contributed by atoms with van der Waals surface area (Å²) in [5.74, 6) is -4.13. The molecule has 7 nitrogen and oxygen atoms in total. The number of carboxylic acid groups (broad SMARTS) is 2. The van der Waals surface area contributed by atoms with E-state index in [1.54, 1.807) is 0 Å². The van der Waals surface area contributed by atoms with Crippen molar-refractivity contribution in [3.05, 3.63) is 0 Å². The normalized spacial score (nSPS) is 12.9. The van der Waals surface area contributed by atoms with Crippen LogP contribution in [0.3, 0.4) is 0 Å². The van der Waals surface area contributed by atoms with Crippen LogP contribution in [0.1, 0.15) is 135 Å². The number of aliphatic carboxylic acids is 2. The molecule has 0 saturated carbocycles. The van der Waals surface area contributed by atoms with Crippen molar-refractivity contribution >= 4 is 17.9 Å². The summed E-state index contributed by atoms with van der Waals surface area (Å²) < 4.78 is 4.94. The van der Waals surface area contributed by atoms with Crippen molar-refractivity contribution in [2.75, 3.05) is 6.61 Å². The van der Waals surface area contributed by atoms with Gasteiger partial charge in [0.25, 0.3) is 0 Å². The third-order valence-corrected chi connectivity index (χ3v) is 6.04. The number of carbonyl (C=O) groups excluding carboxylic acids is 1. The zero-order chi connectivity index (χ0) is 24.8.